The highest BCUT2D eigenvalue weighted by Gasteiger charge is 2.19. The molecule has 3 aromatic rings. The van der Waals surface area contributed by atoms with Crippen LogP contribution in [-0.2, 0) is 0 Å². The first kappa shape index (κ1) is 13.3. The van der Waals surface area contributed by atoms with Crippen molar-refractivity contribution in [3.63, 3.8) is 0 Å². The van der Waals surface area contributed by atoms with E-state index >= 15 is 0 Å². The van der Waals surface area contributed by atoms with Crippen LogP contribution in [0.2, 0.25) is 0 Å². The molecule has 0 amide bonds. The van der Waals surface area contributed by atoms with Gasteiger partial charge in [-0.1, -0.05) is 35.0 Å². The van der Waals surface area contributed by atoms with Gasteiger partial charge in [-0.15, -0.1) is 5.10 Å². The molecule has 0 saturated heterocycles. The van der Waals surface area contributed by atoms with E-state index in [0.717, 1.165) is 16.8 Å². The smallest absolute Gasteiger partial charge is 0.231 e. The summed E-state index contributed by atoms with van der Waals surface area (Å²) in [6.07, 6.45) is 0. The molecule has 2 aromatic carbocycles. The Kier molecular flexibility index (Phi) is 2.98. The monoisotopic (exact) mass is 304 g/mol. The number of aromatic nitrogens is 3. The number of fused-ring (bicyclic) bond motifs is 1. The Morgan fingerprint density at radius 1 is 1.09 bits per heavy atom. The molecule has 6 heteroatoms. The van der Waals surface area contributed by atoms with Crippen LogP contribution in [0.15, 0.2) is 42.5 Å². The highest BCUT2D eigenvalue weighted by Crippen LogP contribution is 2.35. The van der Waals surface area contributed by atoms with E-state index in [4.69, 9.17) is 9.47 Å². The zero-order valence-corrected chi connectivity index (χ0v) is 12.4. The molecular formula is C17H12N4O2. The molecule has 0 N–H and O–H groups in total. The molecular weight excluding hydrogens is 292 g/mol. The van der Waals surface area contributed by atoms with Crippen molar-refractivity contribution in [1.29, 1.82) is 5.26 Å². The van der Waals surface area contributed by atoms with E-state index in [1.807, 2.05) is 49.4 Å². The van der Waals surface area contributed by atoms with Gasteiger partial charge in [0.1, 0.15) is 11.8 Å². The molecule has 6 nitrogen and oxygen atoms in total. The fourth-order valence-electron chi connectivity index (χ4n) is 2.53. The Morgan fingerprint density at radius 2 is 1.87 bits per heavy atom. The van der Waals surface area contributed by atoms with Gasteiger partial charge in [0.05, 0.1) is 5.69 Å². The molecule has 4 rings (SSSR count). The van der Waals surface area contributed by atoms with E-state index < -0.39 is 0 Å². The van der Waals surface area contributed by atoms with E-state index in [2.05, 4.69) is 16.4 Å². The molecule has 0 unspecified atom stereocenters. The predicted molar refractivity (Wildman–Crippen MR) is 82.4 cm³/mol. The van der Waals surface area contributed by atoms with Crippen molar-refractivity contribution < 1.29 is 9.47 Å². The van der Waals surface area contributed by atoms with Gasteiger partial charge in [0, 0.05) is 11.6 Å². The molecule has 1 aliphatic heterocycles. The normalized spacial score (nSPS) is 12.2. The lowest BCUT2D eigenvalue weighted by Crippen LogP contribution is -2.00. The first-order chi connectivity index (χ1) is 11.3. The number of hydrogen-bond donors (Lipinski definition) is 0. The molecule has 23 heavy (non-hydrogen) atoms. The van der Waals surface area contributed by atoms with Gasteiger partial charge in [0.25, 0.3) is 0 Å². The average molecular weight is 304 g/mol. The number of aryl methyl sites for hydroxylation is 1. The molecule has 0 saturated carbocycles. The molecule has 0 atom stereocenters. The van der Waals surface area contributed by atoms with Crippen LogP contribution in [0, 0.1) is 18.3 Å². The summed E-state index contributed by atoms with van der Waals surface area (Å²) in [6, 6.07) is 15.5. The molecule has 1 aromatic heterocycles. The minimum atomic E-state index is 0.213. The summed E-state index contributed by atoms with van der Waals surface area (Å²) in [5, 5.41) is 17.5. The molecule has 112 valence electrons. The van der Waals surface area contributed by atoms with Crippen molar-refractivity contribution in [2.45, 2.75) is 6.92 Å². The largest absolute Gasteiger partial charge is 0.454 e. The summed E-state index contributed by atoms with van der Waals surface area (Å²) in [6.45, 7) is 2.23. The maximum absolute atomic E-state index is 9.34. The van der Waals surface area contributed by atoms with Gasteiger partial charge in [-0.25, -0.2) is 4.68 Å². The van der Waals surface area contributed by atoms with Crippen molar-refractivity contribution in [3.05, 3.63) is 53.7 Å². The molecule has 1 aliphatic rings. The number of hydrogen-bond acceptors (Lipinski definition) is 5. The van der Waals surface area contributed by atoms with E-state index in [-0.39, 0.29) is 12.5 Å². The number of nitriles is 1. The standard InChI is InChI=1S/C17H12N4O2/c1-11-2-4-12(5-3-11)17-14(9-18)19-20-21(17)13-6-7-15-16(8-13)23-10-22-15/h2-8H,10H2,1H3. The lowest BCUT2D eigenvalue weighted by molar-refractivity contribution is 0.174. The van der Waals surface area contributed by atoms with Crippen molar-refractivity contribution in [1.82, 2.24) is 15.0 Å². The summed E-state index contributed by atoms with van der Waals surface area (Å²) in [7, 11) is 0. The van der Waals surface area contributed by atoms with Crippen LogP contribution in [0.4, 0.5) is 0 Å². The van der Waals surface area contributed by atoms with E-state index in [9.17, 15) is 5.26 Å². The fraction of sp³-hybridized carbons (Fsp3) is 0.118. The summed E-state index contributed by atoms with van der Waals surface area (Å²) in [5.41, 5.74) is 3.74. The molecule has 0 aliphatic carbocycles. The van der Waals surface area contributed by atoms with Gasteiger partial charge >= 0.3 is 0 Å². The van der Waals surface area contributed by atoms with Crippen LogP contribution in [0.5, 0.6) is 11.5 Å². The minimum absolute atomic E-state index is 0.213. The second-order valence-corrected chi connectivity index (χ2v) is 5.21. The Hall–Kier alpha value is -3.33. The average Bonchev–Trinajstić information content (AvgIpc) is 3.21. The summed E-state index contributed by atoms with van der Waals surface area (Å²) >= 11 is 0. The van der Waals surface area contributed by atoms with E-state index in [0.29, 0.717) is 17.2 Å². The molecule has 2 heterocycles. The van der Waals surface area contributed by atoms with Gasteiger partial charge in [0.2, 0.25) is 6.79 Å². The molecule has 0 spiro atoms. The zero-order chi connectivity index (χ0) is 15.8. The highest BCUT2D eigenvalue weighted by atomic mass is 16.7. The lowest BCUT2D eigenvalue weighted by atomic mass is 10.1. The second-order valence-electron chi connectivity index (χ2n) is 5.21. The van der Waals surface area contributed by atoms with Crippen LogP contribution in [0.3, 0.4) is 0 Å². The Bertz CT molecular complexity index is 923. The maximum atomic E-state index is 9.34. The van der Waals surface area contributed by atoms with Crippen LogP contribution in [0.1, 0.15) is 11.3 Å². The number of rotatable bonds is 2. The fourth-order valence-corrected chi connectivity index (χ4v) is 2.53. The number of ether oxygens (including phenoxy) is 2. The Labute approximate surface area is 132 Å². The van der Waals surface area contributed by atoms with Crippen molar-refractivity contribution in [3.8, 4) is 34.5 Å². The van der Waals surface area contributed by atoms with Gasteiger partial charge < -0.3 is 9.47 Å². The van der Waals surface area contributed by atoms with E-state index in [1.54, 1.807) is 4.68 Å². The van der Waals surface area contributed by atoms with Gasteiger partial charge in [-0.2, -0.15) is 5.26 Å². The number of nitrogens with zero attached hydrogens (tertiary/aromatic N) is 4. The highest BCUT2D eigenvalue weighted by molar-refractivity contribution is 5.67. The molecule has 0 fully saturated rings. The second kappa shape index (κ2) is 5.14. The molecule has 0 radical (unpaired) electrons. The lowest BCUT2D eigenvalue weighted by Gasteiger charge is -2.08. The third kappa shape index (κ3) is 2.19. The first-order valence-corrected chi connectivity index (χ1v) is 7.09. The Morgan fingerprint density at radius 3 is 2.65 bits per heavy atom. The van der Waals surface area contributed by atoms with E-state index in [1.165, 1.54) is 0 Å². The third-order valence-corrected chi connectivity index (χ3v) is 3.70. The van der Waals surface area contributed by atoms with Gasteiger partial charge in [-0.3, -0.25) is 0 Å². The van der Waals surface area contributed by atoms with Crippen molar-refractivity contribution >= 4 is 0 Å². The van der Waals surface area contributed by atoms with Crippen molar-refractivity contribution in [2.75, 3.05) is 6.79 Å². The first-order valence-electron chi connectivity index (χ1n) is 7.09. The minimum Gasteiger partial charge on any atom is -0.454 e. The van der Waals surface area contributed by atoms with Crippen LogP contribution in [-0.4, -0.2) is 21.8 Å². The quantitative estimate of drug-likeness (QED) is 0.728. The van der Waals surface area contributed by atoms with Crippen LogP contribution < -0.4 is 9.47 Å². The summed E-state index contributed by atoms with van der Waals surface area (Å²) in [4.78, 5) is 0. The topological polar surface area (TPSA) is 73.0 Å². The van der Waals surface area contributed by atoms with Gasteiger partial charge in [-0.05, 0) is 19.1 Å². The molecule has 0 bridgehead atoms. The van der Waals surface area contributed by atoms with Crippen LogP contribution in [0.25, 0.3) is 16.9 Å². The summed E-state index contributed by atoms with van der Waals surface area (Å²) in [5.74, 6) is 1.36. The van der Waals surface area contributed by atoms with Crippen LogP contribution >= 0.6 is 0 Å². The zero-order valence-electron chi connectivity index (χ0n) is 12.4. The van der Waals surface area contributed by atoms with Gasteiger partial charge in [0.15, 0.2) is 17.2 Å². The predicted octanol–water partition coefficient (Wildman–Crippen LogP) is 2.84. The SMILES string of the molecule is Cc1ccc(-c2c(C#N)nnn2-c2ccc3c(c2)OCO3)cc1. The Balaban J connectivity index is 1.88. The maximum Gasteiger partial charge on any atom is 0.231 e. The number of benzene rings is 2. The summed E-state index contributed by atoms with van der Waals surface area (Å²) < 4.78 is 12.4. The third-order valence-electron chi connectivity index (χ3n) is 3.70. The van der Waals surface area contributed by atoms with Crippen molar-refractivity contribution in [2.24, 2.45) is 0 Å².